The number of benzene rings is 2. The summed E-state index contributed by atoms with van der Waals surface area (Å²) < 4.78 is 14.3. The molecular formula is C21H16NO2+. The van der Waals surface area contributed by atoms with Crippen LogP contribution in [0.3, 0.4) is 0 Å². The Morgan fingerprint density at radius 2 is 1.54 bits per heavy atom. The molecule has 0 N–H and O–H groups in total. The van der Waals surface area contributed by atoms with Crippen molar-refractivity contribution in [3.05, 3.63) is 66.4 Å². The highest BCUT2D eigenvalue weighted by Crippen LogP contribution is 2.38. The molecule has 3 heteroatoms. The molecular weight excluding hydrogens is 298 g/mol. The molecule has 5 aromatic rings. The van der Waals surface area contributed by atoms with Crippen molar-refractivity contribution in [2.75, 3.05) is 0 Å². The molecule has 3 nitrogen and oxygen atoms in total. The van der Waals surface area contributed by atoms with Crippen LogP contribution in [0.1, 0.15) is 5.56 Å². The van der Waals surface area contributed by atoms with E-state index < -0.39 is 0 Å². The van der Waals surface area contributed by atoms with Crippen molar-refractivity contribution in [1.82, 2.24) is 0 Å². The van der Waals surface area contributed by atoms with Crippen molar-refractivity contribution in [3.63, 3.8) is 0 Å². The fourth-order valence-electron chi connectivity index (χ4n) is 3.44. The summed E-state index contributed by atoms with van der Waals surface area (Å²) >= 11 is 0. The maximum atomic E-state index is 6.16. The second-order valence-corrected chi connectivity index (χ2v) is 6.22. The molecule has 0 spiro atoms. The minimum Gasteiger partial charge on any atom is -0.452 e. The van der Waals surface area contributed by atoms with Gasteiger partial charge in [0.2, 0.25) is 5.69 Å². The van der Waals surface area contributed by atoms with E-state index in [1.807, 2.05) is 30.3 Å². The molecule has 0 fully saturated rings. The molecule has 0 atom stereocenters. The first-order valence-corrected chi connectivity index (χ1v) is 8.02. The lowest BCUT2D eigenvalue weighted by Gasteiger charge is -2.04. The molecule has 24 heavy (non-hydrogen) atoms. The second kappa shape index (κ2) is 4.71. The van der Waals surface area contributed by atoms with Crippen molar-refractivity contribution >= 4 is 33.1 Å². The van der Waals surface area contributed by atoms with E-state index >= 15 is 0 Å². The van der Waals surface area contributed by atoms with E-state index in [-0.39, 0.29) is 0 Å². The maximum absolute atomic E-state index is 6.16. The summed E-state index contributed by atoms with van der Waals surface area (Å²) in [6.45, 7) is 2.13. The summed E-state index contributed by atoms with van der Waals surface area (Å²) in [5, 5.41) is 2.05. The standard InChI is InChI=1S/C21H16NO2/c1-13-11-16-19(12-15(13)17-8-5-6-10-22(17)2)24-20-14-7-3-4-9-18(14)23-21(16)20/h3-12H,1-2H3/q+1. The quantitative estimate of drug-likeness (QED) is 0.401. The molecule has 3 heterocycles. The number of aryl methyl sites for hydroxylation is 2. The first-order chi connectivity index (χ1) is 11.7. The predicted octanol–water partition coefficient (Wildman–Crippen LogP) is 5.13. The van der Waals surface area contributed by atoms with Gasteiger partial charge in [-0.1, -0.05) is 12.1 Å². The summed E-state index contributed by atoms with van der Waals surface area (Å²) in [4.78, 5) is 0. The van der Waals surface area contributed by atoms with Gasteiger partial charge in [-0.25, -0.2) is 4.57 Å². The average molecular weight is 314 g/mol. The smallest absolute Gasteiger partial charge is 0.212 e. The Bertz CT molecular complexity index is 1230. The van der Waals surface area contributed by atoms with Crippen LogP contribution in [0.4, 0.5) is 0 Å². The first kappa shape index (κ1) is 13.4. The Morgan fingerprint density at radius 3 is 2.42 bits per heavy atom. The van der Waals surface area contributed by atoms with Crippen LogP contribution in [0.2, 0.25) is 0 Å². The number of furan rings is 2. The van der Waals surface area contributed by atoms with Crippen LogP contribution in [0.25, 0.3) is 44.4 Å². The van der Waals surface area contributed by atoms with E-state index in [4.69, 9.17) is 8.83 Å². The lowest BCUT2D eigenvalue weighted by Crippen LogP contribution is -2.30. The molecule has 0 bridgehead atoms. The molecule has 0 saturated carbocycles. The average Bonchev–Trinajstić information content (AvgIpc) is 3.11. The van der Waals surface area contributed by atoms with Crippen LogP contribution >= 0.6 is 0 Å². The number of hydrogen-bond acceptors (Lipinski definition) is 2. The number of nitrogens with zero attached hydrogens (tertiary/aromatic N) is 1. The zero-order valence-electron chi connectivity index (χ0n) is 13.5. The summed E-state index contributed by atoms with van der Waals surface area (Å²) in [5.41, 5.74) is 6.92. The molecule has 116 valence electrons. The van der Waals surface area contributed by atoms with Gasteiger partial charge in [0.1, 0.15) is 18.2 Å². The Balaban J connectivity index is 1.85. The normalized spacial score (nSPS) is 11.8. The maximum Gasteiger partial charge on any atom is 0.212 e. The number of fused-ring (bicyclic) bond motifs is 5. The van der Waals surface area contributed by atoms with Crippen molar-refractivity contribution in [1.29, 1.82) is 0 Å². The fourth-order valence-corrected chi connectivity index (χ4v) is 3.44. The molecule has 0 saturated heterocycles. The van der Waals surface area contributed by atoms with Gasteiger partial charge in [0.15, 0.2) is 17.4 Å². The van der Waals surface area contributed by atoms with Crippen LogP contribution in [0.15, 0.2) is 69.6 Å². The topological polar surface area (TPSA) is 30.2 Å². The van der Waals surface area contributed by atoms with E-state index in [1.54, 1.807) is 0 Å². The third-order valence-corrected chi connectivity index (χ3v) is 4.66. The Labute approximate surface area is 138 Å². The van der Waals surface area contributed by atoms with E-state index in [2.05, 4.69) is 49.0 Å². The van der Waals surface area contributed by atoms with Gasteiger partial charge in [-0.2, -0.15) is 0 Å². The minimum absolute atomic E-state index is 0.828. The third kappa shape index (κ3) is 1.75. The Kier molecular flexibility index (Phi) is 2.63. The third-order valence-electron chi connectivity index (χ3n) is 4.66. The van der Waals surface area contributed by atoms with Crippen LogP contribution in [0, 0.1) is 6.92 Å². The number of para-hydroxylation sites is 1. The van der Waals surface area contributed by atoms with Gasteiger partial charge < -0.3 is 8.83 Å². The lowest BCUT2D eigenvalue weighted by molar-refractivity contribution is -0.660. The number of aromatic nitrogens is 1. The van der Waals surface area contributed by atoms with Crippen LogP contribution in [0.5, 0.6) is 0 Å². The highest BCUT2D eigenvalue weighted by atomic mass is 16.4. The summed E-state index contributed by atoms with van der Waals surface area (Å²) in [7, 11) is 2.06. The first-order valence-electron chi connectivity index (χ1n) is 8.02. The highest BCUT2D eigenvalue weighted by molar-refractivity contribution is 6.13. The van der Waals surface area contributed by atoms with Crippen molar-refractivity contribution < 1.29 is 13.4 Å². The van der Waals surface area contributed by atoms with Gasteiger partial charge in [0.05, 0.1) is 16.3 Å². The Hall–Kier alpha value is -3.07. The zero-order chi connectivity index (χ0) is 16.3. The van der Waals surface area contributed by atoms with Crippen LogP contribution in [-0.4, -0.2) is 0 Å². The number of rotatable bonds is 1. The molecule has 5 rings (SSSR count). The Morgan fingerprint density at radius 1 is 0.792 bits per heavy atom. The van der Waals surface area contributed by atoms with Crippen molar-refractivity contribution in [2.24, 2.45) is 7.05 Å². The van der Waals surface area contributed by atoms with Crippen molar-refractivity contribution in [2.45, 2.75) is 6.92 Å². The van der Waals surface area contributed by atoms with E-state index in [9.17, 15) is 0 Å². The second-order valence-electron chi connectivity index (χ2n) is 6.22. The summed E-state index contributed by atoms with van der Waals surface area (Å²) in [5.74, 6) is 0. The van der Waals surface area contributed by atoms with E-state index in [1.165, 1.54) is 11.1 Å². The number of hydrogen-bond donors (Lipinski definition) is 0. The summed E-state index contributed by atoms with van der Waals surface area (Å²) in [6, 6.07) is 18.5. The van der Waals surface area contributed by atoms with Crippen LogP contribution in [-0.2, 0) is 7.05 Å². The SMILES string of the molecule is Cc1cc2c(cc1-c1cccc[n+]1C)oc1c3ccccc3oc21. The van der Waals surface area contributed by atoms with Gasteiger partial charge >= 0.3 is 0 Å². The van der Waals surface area contributed by atoms with Crippen molar-refractivity contribution in [3.8, 4) is 11.3 Å². The van der Waals surface area contributed by atoms with E-state index in [0.29, 0.717) is 0 Å². The highest BCUT2D eigenvalue weighted by Gasteiger charge is 2.19. The largest absolute Gasteiger partial charge is 0.452 e. The number of pyridine rings is 1. The minimum atomic E-state index is 0.828. The molecule has 0 aliphatic heterocycles. The van der Waals surface area contributed by atoms with Crippen LogP contribution < -0.4 is 4.57 Å². The molecule has 0 aliphatic rings. The van der Waals surface area contributed by atoms with Gasteiger partial charge in [-0.05, 0) is 42.8 Å². The monoisotopic (exact) mass is 314 g/mol. The molecule has 0 radical (unpaired) electrons. The summed E-state index contributed by atoms with van der Waals surface area (Å²) in [6.07, 6.45) is 2.06. The molecule has 3 aromatic heterocycles. The molecule has 2 aromatic carbocycles. The lowest BCUT2D eigenvalue weighted by atomic mass is 10.0. The molecule has 0 aliphatic carbocycles. The predicted molar refractivity (Wildman–Crippen MR) is 94.8 cm³/mol. The van der Waals surface area contributed by atoms with Gasteiger partial charge in [-0.3, -0.25) is 0 Å². The van der Waals surface area contributed by atoms with E-state index in [0.717, 1.165) is 38.8 Å². The zero-order valence-corrected chi connectivity index (χ0v) is 13.5. The van der Waals surface area contributed by atoms with Gasteiger partial charge in [0, 0.05) is 12.1 Å². The molecule has 0 amide bonds. The van der Waals surface area contributed by atoms with Gasteiger partial charge in [0.25, 0.3) is 0 Å². The molecule has 0 unspecified atom stereocenters. The fraction of sp³-hybridized carbons (Fsp3) is 0.0952. The van der Waals surface area contributed by atoms with Gasteiger partial charge in [-0.15, -0.1) is 0 Å².